The summed E-state index contributed by atoms with van der Waals surface area (Å²) in [5, 5.41) is 6.61. The topological polar surface area (TPSA) is 44.4 Å². The third-order valence-electron chi connectivity index (χ3n) is 5.22. The van der Waals surface area contributed by atoms with E-state index in [4.69, 9.17) is 0 Å². The number of piperazine rings is 1. The second-order valence-corrected chi connectivity index (χ2v) is 6.75. The minimum atomic E-state index is 0. The zero-order chi connectivity index (χ0) is 15.4. The third kappa shape index (κ3) is 4.25. The summed E-state index contributed by atoms with van der Waals surface area (Å²) in [6.07, 6.45) is 6.36. The Hall–Kier alpha value is -1.10. The van der Waals surface area contributed by atoms with Crippen molar-refractivity contribution in [3.63, 3.8) is 0 Å². The second-order valence-electron chi connectivity index (χ2n) is 6.75. The van der Waals surface area contributed by atoms with Crippen molar-refractivity contribution in [3.05, 3.63) is 29.8 Å². The van der Waals surface area contributed by atoms with Gasteiger partial charge < -0.3 is 10.6 Å². The molecular weight excluding hydrogens is 310 g/mol. The number of nitrogens with zero attached hydrogens (tertiary/aromatic N) is 1. The van der Waals surface area contributed by atoms with Crippen molar-refractivity contribution < 1.29 is 4.79 Å². The fraction of sp³-hybridized carbons (Fsp3) is 0.611. The van der Waals surface area contributed by atoms with Crippen LogP contribution in [0, 0.1) is 6.92 Å². The molecule has 2 N–H and O–H groups in total. The van der Waals surface area contributed by atoms with Crippen LogP contribution in [0.4, 0.5) is 5.69 Å². The van der Waals surface area contributed by atoms with Crippen LogP contribution in [0.25, 0.3) is 0 Å². The number of benzene rings is 1. The lowest BCUT2D eigenvalue weighted by molar-refractivity contribution is -0.120. The average molecular weight is 338 g/mol. The second kappa shape index (κ2) is 8.13. The third-order valence-corrected chi connectivity index (χ3v) is 5.22. The van der Waals surface area contributed by atoms with E-state index in [0.29, 0.717) is 6.54 Å². The lowest BCUT2D eigenvalue weighted by atomic mass is 9.79. The molecule has 4 nitrogen and oxygen atoms in total. The van der Waals surface area contributed by atoms with Gasteiger partial charge in [0.2, 0.25) is 5.91 Å². The van der Waals surface area contributed by atoms with Crippen LogP contribution in [0.3, 0.4) is 0 Å². The molecule has 2 aliphatic rings. The first-order valence-electron chi connectivity index (χ1n) is 8.51. The zero-order valence-corrected chi connectivity index (χ0v) is 14.8. The van der Waals surface area contributed by atoms with Gasteiger partial charge in [-0.05, 0) is 31.4 Å². The number of hydrogen-bond donors (Lipinski definition) is 2. The maximum atomic E-state index is 12.5. The summed E-state index contributed by atoms with van der Waals surface area (Å²) in [7, 11) is 0. The van der Waals surface area contributed by atoms with Crippen LogP contribution in [-0.4, -0.2) is 42.5 Å². The Bertz CT molecular complexity index is 520. The maximum Gasteiger partial charge on any atom is 0.238 e. The summed E-state index contributed by atoms with van der Waals surface area (Å²) in [6.45, 7) is 5.53. The molecule has 1 aromatic rings. The van der Waals surface area contributed by atoms with Crippen molar-refractivity contribution in [1.82, 2.24) is 10.2 Å². The highest BCUT2D eigenvalue weighted by molar-refractivity contribution is 5.93. The zero-order valence-electron chi connectivity index (χ0n) is 13.9. The van der Waals surface area contributed by atoms with Gasteiger partial charge in [-0.3, -0.25) is 9.69 Å². The average Bonchev–Trinajstić information content (AvgIpc) is 2.53. The van der Waals surface area contributed by atoms with Crippen LogP contribution in [0.2, 0.25) is 0 Å². The van der Waals surface area contributed by atoms with Crippen LogP contribution in [0.15, 0.2) is 24.3 Å². The van der Waals surface area contributed by atoms with Crippen molar-refractivity contribution >= 4 is 24.0 Å². The minimum Gasteiger partial charge on any atom is -0.325 e. The van der Waals surface area contributed by atoms with Gasteiger partial charge in [0, 0.05) is 30.9 Å². The Morgan fingerprint density at radius 2 is 2.00 bits per heavy atom. The number of carbonyl (C=O) groups excluding carboxylic acids is 1. The molecule has 0 atom stereocenters. The summed E-state index contributed by atoms with van der Waals surface area (Å²) in [5.41, 5.74) is 2.25. The summed E-state index contributed by atoms with van der Waals surface area (Å²) >= 11 is 0. The predicted octanol–water partition coefficient (Wildman–Crippen LogP) is 2.96. The van der Waals surface area contributed by atoms with E-state index < -0.39 is 0 Å². The van der Waals surface area contributed by atoms with Gasteiger partial charge in [-0.25, -0.2) is 0 Å². The SMILES string of the molecule is Cc1ccccc1NC(=O)CN1CCNCC12CCCCC2.Cl. The lowest BCUT2D eigenvalue weighted by Gasteiger charge is -2.49. The Morgan fingerprint density at radius 1 is 1.26 bits per heavy atom. The van der Waals surface area contributed by atoms with Crippen LogP contribution in [0.1, 0.15) is 37.7 Å². The molecule has 0 aromatic heterocycles. The van der Waals surface area contributed by atoms with Gasteiger partial charge in [0.05, 0.1) is 6.54 Å². The van der Waals surface area contributed by atoms with Gasteiger partial charge in [-0.2, -0.15) is 0 Å². The molecule has 1 saturated heterocycles. The predicted molar refractivity (Wildman–Crippen MR) is 97.3 cm³/mol. The number of hydrogen-bond acceptors (Lipinski definition) is 3. The highest BCUT2D eigenvalue weighted by Crippen LogP contribution is 2.34. The van der Waals surface area contributed by atoms with Gasteiger partial charge in [0.25, 0.3) is 0 Å². The normalized spacial score (nSPS) is 20.7. The molecule has 128 valence electrons. The first kappa shape index (κ1) is 18.2. The summed E-state index contributed by atoms with van der Waals surface area (Å²) in [6, 6.07) is 7.97. The number of aryl methyl sites for hydroxylation is 1. The number of anilines is 1. The molecule has 0 bridgehead atoms. The Morgan fingerprint density at radius 3 is 2.74 bits per heavy atom. The molecular formula is C18H28ClN3O. The van der Waals surface area contributed by atoms with Crippen molar-refractivity contribution in [2.45, 2.75) is 44.6 Å². The maximum absolute atomic E-state index is 12.5. The number of halogens is 1. The number of rotatable bonds is 3. The van der Waals surface area contributed by atoms with E-state index in [1.165, 1.54) is 32.1 Å². The van der Waals surface area contributed by atoms with Gasteiger partial charge in [-0.1, -0.05) is 37.5 Å². The quantitative estimate of drug-likeness (QED) is 0.891. The van der Waals surface area contributed by atoms with Crippen LogP contribution in [-0.2, 0) is 4.79 Å². The van der Waals surface area contributed by atoms with E-state index in [1.807, 2.05) is 31.2 Å². The molecule has 0 unspecified atom stereocenters. The first-order valence-corrected chi connectivity index (χ1v) is 8.51. The molecule has 1 saturated carbocycles. The number of amides is 1. The highest BCUT2D eigenvalue weighted by Gasteiger charge is 2.40. The molecule has 1 aliphatic heterocycles. The number of carbonyl (C=O) groups is 1. The summed E-state index contributed by atoms with van der Waals surface area (Å²) in [4.78, 5) is 14.9. The minimum absolute atomic E-state index is 0. The standard InChI is InChI=1S/C18H27N3O.ClH/c1-15-7-3-4-8-16(15)20-17(22)13-21-12-11-19-14-18(21)9-5-2-6-10-18;/h3-4,7-8,19H,2,5-6,9-14H2,1H3,(H,20,22);1H. The molecule has 3 rings (SSSR count). The van der Waals surface area contributed by atoms with Gasteiger partial charge in [0.1, 0.15) is 0 Å². The Labute approximate surface area is 145 Å². The van der Waals surface area contributed by atoms with E-state index in [9.17, 15) is 4.79 Å². The van der Waals surface area contributed by atoms with Crippen LogP contribution >= 0.6 is 12.4 Å². The Kier molecular flexibility index (Phi) is 6.45. The molecule has 23 heavy (non-hydrogen) atoms. The molecule has 0 radical (unpaired) electrons. The molecule has 1 aromatic carbocycles. The fourth-order valence-electron chi connectivity index (χ4n) is 3.91. The van der Waals surface area contributed by atoms with Crippen molar-refractivity contribution in [1.29, 1.82) is 0 Å². The Balaban J connectivity index is 0.00000192. The molecule has 5 heteroatoms. The number of para-hydroxylation sites is 1. The fourth-order valence-corrected chi connectivity index (χ4v) is 3.91. The van der Waals surface area contributed by atoms with Gasteiger partial charge in [0.15, 0.2) is 0 Å². The molecule has 1 heterocycles. The molecule has 1 amide bonds. The molecule has 2 fully saturated rings. The van der Waals surface area contributed by atoms with Crippen LogP contribution < -0.4 is 10.6 Å². The summed E-state index contributed by atoms with van der Waals surface area (Å²) < 4.78 is 0. The highest BCUT2D eigenvalue weighted by atomic mass is 35.5. The van der Waals surface area contributed by atoms with E-state index in [-0.39, 0.29) is 23.9 Å². The largest absolute Gasteiger partial charge is 0.325 e. The monoisotopic (exact) mass is 337 g/mol. The van der Waals surface area contributed by atoms with Crippen molar-refractivity contribution in [3.8, 4) is 0 Å². The van der Waals surface area contributed by atoms with Gasteiger partial charge in [-0.15, -0.1) is 12.4 Å². The van der Waals surface area contributed by atoms with E-state index in [0.717, 1.165) is 30.9 Å². The van der Waals surface area contributed by atoms with Gasteiger partial charge >= 0.3 is 0 Å². The first-order chi connectivity index (χ1) is 10.7. The number of nitrogens with one attached hydrogen (secondary N) is 2. The lowest BCUT2D eigenvalue weighted by Crippen LogP contribution is -2.63. The smallest absolute Gasteiger partial charge is 0.238 e. The molecule has 1 aliphatic carbocycles. The van der Waals surface area contributed by atoms with E-state index in [1.54, 1.807) is 0 Å². The van der Waals surface area contributed by atoms with E-state index >= 15 is 0 Å². The molecule has 1 spiro atoms. The van der Waals surface area contributed by atoms with E-state index in [2.05, 4.69) is 15.5 Å². The summed E-state index contributed by atoms with van der Waals surface area (Å²) in [5.74, 6) is 0.112. The van der Waals surface area contributed by atoms with Crippen molar-refractivity contribution in [2.75, 3.05) is 31.5 Å². The van der Waals surface area contributed by atoms with Crippen LogP contribution in [0.5, 0.6) is 0 Å². The van der Waals surface area contributed by atoms with Crippen molar-refractivity contribution in [2.24, 2.45) is 0 Å².